The maximum atomic E-state index is 14.0. The van der Waals surface area contributed by atoms with Crippen LogP contribution in [0.5, 0.6) is 0 Å². The molecule has 0 bridgehead atoms. The molecule has 1 aromatic rings. The number of halogens is 2. The Kier molecular flexibility index (Phi) is 4.14. The summed E-state index contributed by atoms with van der Waals surface area (Å²) < 4.78 is 27.7. The van der Waals surface area contributed by atoms with Crippen LogP contribution in [0.4, 0.5) is 8.78 Å². The molecular weight excluding hydrogens is 250 g/mol. The van der Waals surface area contributed by atoms with Crippen molar-refractivity contribution < 1.29 is 13.6 Å². The predicted octanol–water partition coefficient (Wildman–Crippen LogP) is 2.23. The molecule has 2 rings (SSSR count). The predicted molar refractivity (Wildman–Crippen MR) is 68.8 cm³/mol. The number of hydrogen-bond donors (Lipinski definition) is 1. The lowest BCUT2D eigenvalue weighted by Gasteiger charge is -2.37. The van der Waals surface area contributed by atoms with Gasteiger partial charge in [0, 0.05) is 19.1 Å². The highest BCUT2D eigenvalue weighted by Gasteiger charge is 2.32. The first kappa shape index (κ1) is 13.9. The second-order valence-electron chi connectivity index (χ2n) is 4.93. The highest BCUT2D eigenvalue weighted by molar-refractivity contribution is 5.95. The number of nitrogens with two attached hydrogens (primary N) is 1. The van der Waals surface area contributed by atoms with Gasteiger partial charge in [-0.2, -0.15) is 0 Å². The largest absolute Gasteiger partial charge is 0.334 e. The Morgan fingerprint density at radius 3 is 2.63 bits per heavy atom. The number of rotatable bonds is 4. The van der Waals surface area contributed by atoms with Gasteiger partial charge in [0.05, 0.1) is 0 Å². The monoisotopic (exact) mass is 268 g/mol. The third-order valence-corrected chi connectivity index (χ3v) is 3.64. The zero-order valence-corrected chi connectivity index (χ0v) is 11.0. The molecular formula is C14H18F2N2O. The molecule has 1 amide bonds. The van der Waals surface area contributed by atoms with Crippen molar-refractivity contribution in [3.05, 3.63) is 34.9 Å². The van der Waals surface area contributed by atoms with E-state index in [1.807, 2.05) is 0 Å². The Morgan fingerprint density at radius 1 is 1.42 bits per heavy atom. The van der Waals surface area contributed by atoms with Gasteiger partial charge in [0.25, 0.3) is 5.91 Å². The number of carbonyl (C=O) groups is 1. The molecule has 0 aliphatic heterocycles. The number of amides is 1. The van der Waals surface area contributed by atoms with Gasteiger partial charge in [-0.25, -0.2) is 8.78 Å². The lowest BCUT2D eigenvalue weighted by Crippen LogP contribution is -2.47. The molecule has 1 saturated carbocycles. The van der Waals surface area contributed by atoms with Gasteiger partial charge in [0.2, 0.25) is 0 Å². The summed E-state index contributed by atoms with van der Waals surface area (Å²) in [6.45, 7) is 2.13. The second kappa shape index (κ2) is 5.65. The number of benzene rings is 1. The van der Waals surface area contributed by atoms with E-state index in [0.29, 0.717) is 6.54 Å². The number of hydrogen-bond acceptors (Lipinski definition) is 2. The zero-order valence-electron chi connectivity index (χ0n) is 11.0. The van der Waals surface area contributed by atoms with Gasteiger partial charge in [0.1, 0.15) is 17.2 Å². The molecule has 0 aromatic heterocycles. The van der Waals surface area contributed by atoms with Gasteiger partial charge < -0.3 is 10.6 Å². The van der Waals surface area contributed by atoms with Crippen LogP contribution in [0.1, 0.15) is 35.2 Å². The third-order valence-electron chi connectivity index (χ3n) is 3.64. The minimum atomic E-state index is -0.811. The van der Waals surface area contributed by atoms with Crippen molar-refractivity contribution in [2.45, 2.75) is 32.2 Å². The summed E-state index contributed by atoms with van der Waals surface area (Å²) in [6.07, 6.45) is 2.79. The Morgan fingerprint density at radius 2 is 2.11 bits per heavy atom. The Hall–Kier alpha value is -1.49. The van der Waals surface area contributed by atoms with E-state index in [4.69, 9.17) is 5.73 Å². The molecule has 0 atom stereocenters. The summed E-state index contributed by atoms with van der Waals surface area (Å²) in [5.74, 6) is -2.17. The number of aryl methyl sites for hydroxylation is 1. The van der Waals surface area contributed by atoms with Gasteiger partial charge in [0.15, 0.2) is 0 Å². The topological polar surface area (TPSA) is 46.3 Å². The summed E-state index contributed by atoms with van der Waals surface area (Å²) in [5, 5.41) is 0. The third kappa shape index (κ3) is 2.61. The maximum absolute atomic E-state index is 14.0. The first-order valence-corrected chi connectivity index (χ1v) is 6.52. The fourth-order valence-electron chi connectivity index (χ4n) is 2.28. The van der Waals surface area contributed by atoms with Crippen molar-refractivity contribution in [2.24, 2.45) is 5.73 Å². The highest BCUT2D eigenvalue weighted by atomic mass is 19.1. The minimum absolute atomic E-state index is 0.0652. The van der Waals surface area contributed by atoms with Crippen molar-refractivity contribution in [1.29, 1.82) is 0 Å². The minimum Gasteiger partial charge on any atom is -0.334 e. The lowest BCUT2D eigenvalue weighted by molar-refractivity contribution is 0.0578. The molecule has 0 heterocycles. The molecule has 1 aliphatic rings. The lowest BCUT2D eigenvalue weighted by atomic mass is 9.90. The standard InChI is InChI=1S/C14H18F2N2O/c1-9-5-6-11(15)12(13(9)16)14(19)18(8-7-17)10-3-2-4-10/h5-6,10H,2-4,7-8,17H2,1H3. The summed E-state index contributed by atoms with van der Waals surface area (Å²) in [7, 11) is 0. The quantitative estimate of drug-likeness (QED) is 0.910. The first-order chi connectivity index (χ1) is 9.06. The average molecular weight is 268 g/mol. The highest BCUT2D eigenvalue weighted by Crippen LogP contribution is 2.27. The van der Waals surface area contributed by atoms with Crippen LogP contribution in [0.3, 0.4) is 0 Å². The van der Waals surface area contributed by atoms with Crippen LogP contribution in [-0.4, -0.2) is 29.9 Å². The van der Waals surface area contributed by atoms with Gasteiger partial charge >= 0.3 is 0 Å². The molecule has 1 aromatic carbocycles. The second-order valence-corrected chi connectivity index (χ2v) is 4.93. The van der Waals surface area contributed by atoms with Crippen molar-refractivity contribution in [1.82, 2.24) is 4.90 Å². The Bertz CT molecular complexity index is 487. The van der Waals surface area contributed by atoms with E-state index in [2.05, 4.69) is 0 Å². The van der Waals surface area contributed by atoms with Crippen molar-refractivity contribution in [2.75, 3.05) is 13.1 Å². The number of nitrogens with zero attached hydrogens (tertiary/aromatic N) is 1. The molecule has 104 valence electrons. The van der Waals surface area contributed by atoms with Gasteiger partial charge in [-0.15, -0.1) is 0 Å². The van der Waals surface area contributed by atoms with Crippen LogP contribution in [0.15, 0.2) is 12.1 Å². The summed E-state index contributed by atoms with van der Waals surface area (Å²) in [4.78, 5) is 13.9. The molecule has 0 unspecified atom stereocenters. The maximum Gasteiger partial charge on any atom is 0.260 e. The van der Waals surface area contributed by atoms with E-state index < -0.39 is 23.1 Å². The molecule has 0 saturated heterocycles. The van der Waals surface area contributed by atoms with E-state index in [1.165, 1.54) is 17.9 Å². The number of carbonyl (C=O) groups excluding carboxylic acids is 1. The van der Waals surface area contributed by atoms with Gasteiger partial charge in [-0.1, -0.05) is 6.07 Å². The normalized spacial score (nSPS) is 15.2. The molecule has 1 aliphatic carbocycles. The molecule has 3 nitrogen and oxygen atoms in total. The van der Waals surface area contributed by atoms with Crippen LogP contribution in [0.25, 0.3) is 0 Å². The van der Waals surface area contributed by atoms with E-state index in [0.717, 1.165) is 25.3 Å². The van der Waals surface area contributed by atoms with Crippen molar-refractivity contribution in [3.8, 4) is 0 Å². The summed E-state index contributed by atoms with van der Waals surface area (Å²) in [5.41, 5.74) is 5.30. The van der Waals surface area contributed by atoms with E-state index in [-0.39, 0.29) is 18.2 Å². The van der Waals surface area contributed by atoms with Crippen molar-refractivity contribution in [3.63, 3.8) is 0 Å². The summed E-state index contributed by atoms with van der Waals surface area (Å²) in [6, 6.07) is 2.53. The molecule has 0 spiro atoms. The van der Waals surface area contributed by atoms with Crippen LogP contribution in [0.2, 0.25) is 0 Å². The molecule has 1 fully saturated rings. The summed E-state index contributed by atoms with van der Waals surface area (Å²) >= 11 is 0. The first-order valence-electron chi connectivity index (χ1n) is 6.52. The molecule has 2 N–H and O–H groups in total. The van der Waals surface area contributed by atoms with Gasteiger partial charge in [-0.3, -0.25) is 4.79 Å². The van der Waals surface area contributed by atoms with Crippen LogP contribution in [0, 0.1) is 18.6 Å². The molecule has 5 heteroatoms. The Balaban J connectivity index is 2.33. The average Bonchev–Trinajstić information content (AvgIpc) is 2.31. The van der Waals surface area contributed by atoms with Crippen LogP contribution in [-0.2, 0) is 0 Å². The molecule has 19 heavy (non-hydrogen) atoms. The van der Waals surface area contributed by atoms with Crippen molar-refractivity contribution >= 4 is 5.91 Å². The van der Waals surface area contributed by atoms with Crippen LogP contribution >= 0.6 is 0 Å². The molecule has 0 radical (unpaired) electrons. The fourth-order valence-corrected chi connectivity index (χ4v) is 2.28. The Labute approximate surface area is 111 Å². The van der Waals surface area contributed by atoms with Crippen LogP contribution < -0.4 is 5.73 Å². The smallest absolute Gasteiger partial charge is 0.260 e. The SMILES string of the molecule is Cc1ccc(F)c(C(=O)N(CCN)C2CCC2)c1F. The van der Waals surface area contributed by atoms with Gasteiger partial charge in [-0.05, 0) is 37.8 Å². The fraction of sp³-hybridized carbons (Fsp3) is 0.500. The van der Waals surface area contributed by atoms with E-state index >= 15 is 0 Å². The van der Waals surface area contributed by atoms with E-state index in [1.54, 1.807) is 0 Å². The van der Waals surface area contributed by atoms with E-state index in [9.17, 15) is 13.6 Å². The zero-order chi connectivity index (χ0) is 14.0.